The Morgan fingerprint density at radius 2 is 1.67 bits per heavy atom. The van der Waals surface area contributed by atoms with Crippen molar-refractivity contribution in [3.8, 4) is 0 Å². The van der Waals surface area contributed by atoms with Gasteiger partial charge in [0.1, 0.15) is 5.78 Å². The normalized spacial score (nSPS) is 10.1. The van der Waals surface area contributed by atoms with Crippen LogP contribution in [-0.4, -0.2) is 5.78 Å². The van der Waals surface area contributed by atoms with Gasteiger partial charge in [-0.15, -0.1) is 0 Å². The van der Waals surface area contributed by atoms with E-state index in [9.17, 15) is 4.79 Å². The maximum atomic E-state index is 11.4. The van der Waals surface area contributed by atoms with Crippen LogP contribution in [0.25, 0.3) is 0 Å². The zero-order valence-electron chi connectivity index (χ0n) is 10.6. The van der Waals surface area contributed by atoms with Gasteiger partial charge in [0.05, 0.1) is 0 Å². The van der Waals surface area contributed by atoms with Crippen LogP contribution in [0.1, 0.15) is 72.1 Å². The molecule has 0 N–H and O–H groups in total. The van der Waals surface area contributed by atoms with Crippen molar-refractivity contribution in [2.45, 2.75) is 72.1 Å². The zero-order valence-corrected chi connectivity index (χ0v) is 10.6. The van der Waals surface area contributed by atoms with Gasteiger partial charge in [-0.25, -0.2) is 0 Å². The maximum Gasteiger partial charge on any atom is 0.133 e. The molecule has 0 aliphatic carbocycles. The molecule has 0 heterocycles. The van der Waals surface area contributed by atoms with E-state index in [4.69, 9.17) is 0 Å². The van der Waals surface area contributed by atoms with Gasteiger partial charge in [0.25, 0.3) is 0 Å². The third-order valence-corrected chi connectivity index (χ3v) is 2.53. The predicted octanol–water partition coefficient (Wildman–Crippen LogP) is 4.66. The fourth-order valence-electron chi connectivity index (χ4n) is 1.57. The predicted molar refractivity (Wildman–Crippen MR) is 67.0 cm³/mol. The molecule has 0 aromatic rings. The minimum Gasteiger partial charge on any atom is -0.300 e. The SMILES string of the molecule is CCCCCCCC(=O)CCC=C(C)C. The number of hydrogen-bond donors (Lipinski definition) is 0. The monoisotopic (exact) mass is 210 g/mol. The average Bonchev–Trinajstić information content (AvgIpc) is 2.17. The molecular weight excluding hydrogens is 184 g/mol. The van der Waals surface area contributed by atoms with E-state index in [1.165, 1.54) is 31.3 Å². The van der Waals surface area contributed by atoms with Crippen molar-refractivity contribution in [3.05, 3.63) is 11.6 Å². The van der Waals surface area contributed by atoms with Crippen molar-refractivity contribution < 1.29 is 4.79 Å². The lowest BCUT2D eigenvalue weighted by molar-refractivity contribution is -0.119. The van der Waals surface area contributed by atoms with Crippen molar-refractivity contribution in [1.29, 1.82) is 0 Å². The molecule has 0 saturated heterocycles. The van der Waals surface area contributed by atoms with Crippen molar-refractivity contribution in [3.63, 3.8) is 0 Å². The fraction of sp³-hybridized carbons (Fsp3) is 0.786. The highest BCUT2D eigenvalue weighted by molar-refractivity contribution is 5.78. The second kappa shape index (κ2) is 9.95. The first-order chi connectivity index (χ1) is 7.16. The highest BCUT2D eigenvalue weighted by atomic mass is 16.1. The quantitative estimate of drug-likeness (QED) is 0.399. The van der Waals surface area contributed by atoms with Gasteiger partial charge in [-0.05, 0) is 26.7 Å². The number of carbonyl (C=O) groups excluding carboxylic acids is 1. The van der Waals surface area contributed by atoms with Crippen LogP contribution >= 0.6 is 0 Å². The van der Waals surface area contributed by atoms with Crippen molar-refractivity contribution in [1.82, 2.24) is 0 Å². The van der Waals surface area contributed by atoms with E-state index in [0.717, 1.165) is 25.7 Å². The number of rotatable bonds is 9. The molecule has 0 radical (unpaired) electrons. The van der Waals surface area contributed by atoms with Gasteiger partial charge in [-0.1, -0.05) is 44.3 Å². The zero-order chi connectivity index (χ0) is 11.5. The fourth-order valence-corrected chi connectivity index (χ4v) is 1.57. The second-order valence-corrected chi connectivity index (χ2v) is 4.52. The summed E-state index contributed by atoms with van der Waals surface area (Å²) in [7, 11) is 0. The lowest BCUT2D eigenvalue weighted by atomic mass is 10.1. The minimum atomic E-state index is 0.434. The summed E-state index contributed by atoms with van der Waals surface area (Å²) in [4.78, 5) is 11.4. The minimum absolute atomic E-state index is 0.434. The lowest BCUT2D eigenvalue weighted by Crippen LogP contribution is -1.96. The van der Waals surface area contributed by atoms with Gasteiger partial charge < -0.3 is 0 Å². The molecule has 88 valence electrons. The topological polar surface area (TPSA) is 17.1 Å². The molecular formula is C14H26O. The summed E-state index contributed by atoms with van der Waals surface area (Å²) in [5, 5.41) is 0. The van der Waals surface area contributed by atoms with Crippen LogP contribution in [0, 0.1) is 0 Å². The Morgan fingerprint density at radius 1 is 1.00 bits per heavy atom. The van der Waals surface area contributed by atoms with E-state index < -0.39 is 0 Å². The number of carbonyl (C=O) groups is 1. The van der Waals surface area contributed by atoms with Crippen LogP contribution in [0.2, 0.25) is 0 Å². The molecule has 15 heavy (non-hydrogen) atoms. The van der Waals surface area contributed by atoms with E-state index >= 15 is 0 Å². The molecule has 1 nitrogen and oxygen atoms in total. The van der Waals surface area contributed by atoms with Crippen molar-refractivity contribution in [2.24, 2.45) is 0 Å². The Kier molecular flexibility index (Phi) is 9.55. The van der Waals surface area contributed by atoms with Crippen molar-refractivity contribution in [2.75, 3.05) is 0 Å². The van der Waals surface area contributed by atoms with E-state index in [-0.39, 0.29) is 0 Å². The Labute approximate surface area is 95.0 Å². The molecule has 0 aliphatic rings. The van der Waals surface area contributed by atoms with Gasteiger partial charge in [0.15, 0.2) is 0 Å². The van der Waals surface area contributed by atoms with Crippen LogP contribution in [0.5, 0.6) is 0 Å². The summed E-state index contributed by atoms with van der Waals surface area (Å²) in [6.45, 7) is 6.37. The van der Waals surface area contributed by atoms with Crippen LogP contribution in [-0.2, 0) is 4.79 Å². The Hall–Kier alpha value is -0.590. The molecule has 0 fully saturated rings. The highest BCUT2D eigenvalue weighted by Crippen LogP contribution is 2.08. The molecule has 0 rings (SSSR count). The molecule has 0 saturated carbocycles. The third-order valence-electron chi connectivity index (χ3n) is 2.53. The Balaban J connectivity index is 3.30. The lowest BCUT2D eigenvalue weighted by Gasteiger charge is -1.99. The summed E-state index contributed by atoms with van der Waals surface area (Å²) >= 11 is 0. The first-order valence-corrected chi connectivity index (χ1v) is 6.32. The molecule has 0 spiro atoms. The van der Waals surface area contributed by atoms with Crippen LogP contribution in [0.15, 0.2) is 11.6 Å². The summed E-state index contributed by atoms with van der Waals surface area (Å²) in [6.07, 6.45) is 10.8. The molecule has 0 aromatic carbocycles. The van der Waals surface area contributed by atoms with Crippen LogP contribution in [0.3, 0.4) is 0 Å². The van der Waals surface area contributed by atoms with E-state index in [0.29, 0.717) is 5.78 Å². The van der Waals surface area contributed by atoms with Crippen LogP contribution in [0.4, 0.5) is 0 Å². The van der Waals surface area contributed by atoms with Gasteiger partial charge >= 0.3 is 0 Å². The molecule has 0 aromatic heterocycles. The van der Waals surface area contributed by atoms with Crippen LogP contribution < -0.4 is 0 Å². The maximum absolute atomic E-state index is 11.4. The number of hydrogen-bond acceptors (Lipinski definition) is 1. The molecule has 0 amide bonds. The third kappa shape index (κ3) is 11.3. The molecule has 1 heteroatoms. The molecule has 0 atom stereocenters. The first kappa shape index (κ1) is 14.4. The van der Waals surface area contributed by atoms with E-state index in [1.807, 2.05) is 0 Å². The van der Waals surface area contributed by atoms with Crippen molar-refractivity contribution >= 4 is 5.78 Å². The highest BCUT2D eigenvalue weighted by Gasteiger charge is 2.00. The molecule has 0 bridgehead atoms. The molecule has 0 unspecified atom stereocenters. The summed E-state index contributed by atoms with van der Waals surface area (Å²) in [5.41, 5.74) is 1.31. The van der Waals surface area contributed by atoms with Gasteiger partial charge in [0.2, 0.25) is 0 Å². The first-order valence-electron chi connectivity index (χ1n) is 6.32. The van der Waals surface area contributed by atoms with Gasteiger partial charge in [0, 0.05) is 12.8 Å². The summed E-state index contributed by atoms with van der Waals surface area (Å²) in [6, 6.07) is 0. The Bertz CT molecular complexity index is 188. The van der Waals surface area contributed by atoms with E-state index in [1.54, 1.807) is 0 Å². The second-order valence-electron chi connectivity index (χ2n) is 4.52. The summed E-state index contributed by atoms with van der Waals surface area (Å²) < 4.78 is 0. The smallest absolute Gasteiger partial charge is 0.133 e. The number of unbranched alkanes of at least 4 members (excludes halogenated alkanes) is 4. The van der Waals surface area contributed by atoms with Gasteiger partial charge in [-0.2, -0.15) is 0 Å². The number of ketones is 1. The largest absolute Gasteiger partial charge is 0.300 e. The van der Waals surface area contributed by atoms with Gasteiger partial charge in [-0.3, -0.25) is 4.79 Å². The number of Topliss-reactive ketones (excluding diaryl/α,β-unsaturated/α-hetero) is 1. The van der Waals surface area contributed by atoms with E-state index in [2.05, 4.69) is 26.8 Å². The Morgan fingerprint density at radius 3 is 2.27 bits per heavy atom. The molecule has 0 aliphatic heterocycles. The standard InChI is InChI=1S/C14H26O/c1-4-5-6-7-8-11-14(15)12-9-10-13(2)3/h10H,4-9,11-12H2,1-3H3. The average molecular weight is 210 g/mol. The summed E-state index contributed by atoms with van der Waals surface area (Å²) in [5.74, 6) is 0.434. The number of allylic oxidation sites excluding steroid dienone is 2.